The Morgan fingerprint density at radius 1 is 1.19 bits per heavy atom. The van der Waals surface area contributed by atoms with Gasteiger partial charge in [-0.3, -0.25) is 19.9 Å². The molecule has 1 aliphatic heterocycles. The summed E-state index contributed by atoms with van der Waals surface area (Å²) in [5, 5.41) is 3.41. The molecule has 2 N–H and O–H groups in total. The van der Waals surface area contributed by atoms with Gasteiger partial charge in [-0.1, -0.05) is 43.3 Å². The number of halogens is 2. The Bertz CT molecular complexity index is 1040. The van der Waals surface area contributed by atoms with Gasteiger partial charge in [-0.2, -0.15) is 5.01 Å². The molecule has 32 heavy (non-hydrogen) atoms. The molecule has 1 aliphatic carbocycles. The van der Waals surface area contributed by atoms with E-state index in [1.54, 1.807) is 36.1 Å². The highest BCUT2D eigenvalue weighted by atomic mass is 19.1. The van der Waals surface area contributed by atoms with Crippen molar-refractivity contribution >= 4 is 17.8 Å². The molecule has 1 saturated heterocycles. The van der Waals surface area contributed by atoms with E-state index in [0.717, 1.165) is 18.9 Å². The normalized spacial score (nSPS) is 20.6. The summed E-state index contributed by atoms with van der Waals surface area (Å²) in [6, 6.07) is 11.6. The number of benzene rings is 2. The third-order valence-corrected chi connectivity index (χ3v) is 5.92. The Kier molecular flexibility index (Phi) is 5.92. The zero-order chi connectivity index (χ0) is 22.9. The molecule has 2 aromatic rings. The lowest BCUT2D eigenvalue weighted by molar-refractivity contribution is -0.140. The van der Waals surface area contributed by atoms with Crippen molar-refractivity contribution in [3.05, 3.63) is 71.3 Å². The van der Waals surface area contributed by atoms with Gasteiger partial charge < -0.3 is 5.32 Å². The molecule has 2 aromatic carbocycles. The summed E-state index contributed by atoms with van der Waals surface area (Å²) >= 11 is 0. The fourth-order valence-corrected chi connectivity index (χ4v) is 4.01. The lowest BCUT2D eigenvalue weighted by Crippen LogP contribution is -2.51. The minimum Gasteiger partial charge on any atom is -0.318 e. The zero-order valence-corrected chi connectivity index (χ0v) is 17.6. The summed E-state index contributed by atoms with van der Waals surface area (Å²) in [7, 11) is 0. The van der Waals surface area contributed by atoms with Gasteiger partial charge in [0.05, 0.1) is 6.54 Å². The minimum absolute atomic E-state index is 0.0901. The number of carbonyl (C=O) groups is 3. The molecule has 1 heterocycles. The van der Waals surface area contributed by atoms with Gasteiger partial charge in [0.2, 0.25) is 0 Å². The van der Waals surface area contributed by atoms with Crippen LogP contribution in [0.2, 0.25) is 0 Å². The third-order valence-electron chi connectivity index (χ3n) is 5.92. The molecule has 168 valence electrons. The topological polar surface area (TPSA) is 81.8 Å². The standard InChI is InChI=1S/C23H24F2N4O3/c1-2-23(16-6-4-3-5-7-16)21(31)29(22(32)26-23)27-20(30)14-28(18-10-11-18)13-15-8-9-17(24)12-19(15)25/h3-9,12,18H,2,10-11,13-14H2,1H3,(H,26,32)(H,27,30). The van der Waals surface area contributed by atoms with E-state index in [4.69, 9.17) is 0 Å². The molecule has 1 saturated carbocycles. The Morgan fingerprint density at radius 3 is 2.53 bits per heavy atom. The molecule has 0 radical (unpaired) electrons. The van der Waals surface area contributed by atoms with Crippen molar-refractivity contribution in [1.29, 1.82) is 0 Å². The van der Waals surface area contributed by atoms with Gasteiger partial charge >= 0.3 is 6.03 Å². The van der Waals surface area contributed by atoms with Crippen LogP contribution in [0.4, 0.5) is 13.6 Å². The number of imide groups is 1. The van der Waals surface area contributed by atoms with Gasteiger partial charge in [0.25, 0.3) is 11.8 Å². The van der Waals surface area contributed by atoms with Gasteiger partial charge in [-0.05, 0) is 30.9 Å². The highest BCUT2D eigenvalue weighted by Crippen LogP contribution is 2.32. The van der Waals surface area contributed by atoms with E-state index >= 15 is 0 Å². The van der Waals surface area contributed by atoms with Gasteiger partial charge in [0.15, 0.2) is 0 Å². The molecule has 2 aliphatic rings. The Morgan fingerprint density at radius 2 is 1.91 bits per heavy atom. The molecular formula is C23H24F2N4O3. The van der Waals surface area contributed by atoms with Gasteiger partial charge in [0, 0.05) is 24.2 Å². The lowest BCUT2D eigenvalue weighted by atomic mass is 9.87. The van der Waals surface area contributed by atoms with Crippen LogP contribution in [0, 0.1) is 11.6 Å². The predicted molar refractivity (Wildman–Crippen MR) is 112 cm³/mol. The molecule has 7 nitrogen and oxygen atoms in total. The van der Waals surface area contributed by atoms with Gasteiger partial charge in [-0.15, -0.1) is 0 Å². The number of hydrogen-bond donors (Lipinski definition) is 2. The second-order valence-corrected chi connectivity index (χ2v) is 8.10. The van der Waals surface area contributed by atoms with Crippen LogP contribution < -0.4 is 10.7 Å². The maximum Gasteiger partial charge on any atom is 0.344 e. The number of nitrogens with one attached hydrogen (secondary N) is 2. The van der Waals surface area contributed by atoms with E-state index in [9.17, 15) is 23.2 Å². The first kappa shape index (κ1) is 21.9. The van der Waals surface area contributed by atoms with Crippen molar-refractivity contribution in [2.24, 2.45) is 0 Å². The molecule has 4 amide bonds. The largest absolute Gasteiger partial charge is 0.344 e. The monoisotopic (exact) mass is 442 g/mol. The van der Waals surface area contributed by atoms with Gasteiger partial charge in [0.1, 0.15) is 17.2 Å². The zero-order valence-electron chi connectivity index (χ0n) is 17.6. The Labute approximate surface area is 184 Å². The van der Waals surface area contributed by atoms with E-state index < -0.39 is 35.0 Å². The molecule has 0 spiro atoms. The summed E-state index contributed by atoms with van der Waals surface area (Å²) in [5.41, 5.74) is 2.05. The van der Waals surface area contributed by atoms with Crippen molar-refractivity contribution in [3.63, 3.8) is 0 Å². The number of amides is 4. The van der Waals surface area contributed by atoms with E-state index in [1.165, 1.54) is 12.1 Å². The van der Waals surface area contributed by atoms with Crippen LogP contribution in [0.5, 0.6) is 0 Å². The summed E-state index contributed by atoms with van der Waals surface area (Å²) in [6.45, 7) is 1.76. The Hall–Kier alpha value is -3.33. The number of carbonyl (C=O) groups excluding carboxylic acids is 3. The van der Waals surface area contributed by atoms with E-state index in [0.29, 0.717) is 17.0 Å². The highest BCUT2D eigenvalue weighted by Gasteiger charge is 2.52. The van der Waals surface area contributed by atoms with Crippen LogP contribution in [0.1, 0.15) is 37.3 Å². The molecule has 1 unspecified atom stereocenters. The number of rotatable bonds is 8. The molecule has 1 atom stereocenters. The van der Waals surface area contributed by atoms with Crippen LogP contribution in [0.25, 0.3) is 0 Å². The van der Waals surface area contributed by atoms with Crippen LogP contribution >= 0.6 is 0 Å². The van der Waals surface area contributed by atoms with E-state index in [2.05, 4.69) is 10.7 Å². The lowest BCUT2D eigenvalue weighted by Gasteiger charge is -2.26. The highest BCUT2D eigenvalue weighted by molar-refractivity contribution is 6.08. The minimum atomic E-state index is -1.25. The summed E-state index contributed by atoms with van der Waals surface area (Å²) in [5.74, 6) is -2.48. The maximum atomic E-state index is 14.1. The average Bonchev–Trinajstić information content (AvgIpc) is 3.59. The first-order valence-electron chi connectivity index (χ1n) is 10.5. The van der Waals surface area contributed by atoms with E-state index in [-0.39, 0.29) is 24.7 Å². The SMILES string of the molecule is CCC1(c2ccccc2)NC(=O)N(NC(=O)CN(Cc2ccc(F)cc2F)C2CC2)C1=O. The second-order valence-electron chi connectivity index (χ2n) is 8.10. The van der Waals surface area contributed by atoms with Crippen molar-refractivity contribution in [2.75, 3.05) is 6.54 Å². The number of urea groups is 1. The number of hydrazine groups is 1. The smallest absolute Gasteiger partial charge is 0.318 e. The van der Waals surface area contributed by atoms with Crippen molar-refractivity contribution in [2.45, 2.75) is 44.3 Å². The van der Waals surface area contributed by atoms with Crippen LogP contribution in [-0.4, -0.2) is 40.3 Å². The van der Waals surface area contributed by atoms with Gasteiger partial charge in [-0.25, -0.2) is 13.6 Å². The van der Waals surface area contributed by atoms with E-state index in [1.807, 2.05) is 6.07 Å². The summed E-state index contributed by atoms with van der Waals surface area (Å²) in [6.07, 6.45) is 2.02. The molecular weight excluding hydrogens is 418 g/mol. The molecule has 4 rings (SSSR count). The van der Waals surface area contributed by atoms with Crippen LogP contribution in [-0.2, 0) is 21.7 Å². The van der Waals surface area contributed by atoms with Crippen molar-refractivity contribution < 1.29 is 23.2 Å². The molecule has 9 heteroatoms. The fraction of sp³-hybridized carbons (Fsp3) is 0.348. The Balaban J connectivity index is 1.46. The summed E-state index contributed by atoms with van der Waals surface area (Å²) in [4.78, 5) is 40.2. The predicted octanol–water partition coefficient (Wildman–Crippen LogP) is 2.82. The number of nitrogens with zero attached hydrogens (tertiary/aromatic N) is 2. The molecule has 0 bridgehead atoms. The first-order valence-corrected chi connectivity index (χ1v) is 10.5. The van der Waals surface area contributed by atoms with Crippen LogP contribution in [0.3, 0.4) is 0 Å². The van der Waals surface area contributed by atoms with Crippen LogP contribution in [0.15, 0.2) is 48.5 Å². The molecule has 0 aromatic heterocycles. The molecule has 2 fully saturated rings. The van der Waals surface area contributed by atoms with Crippen molar-refractivity contribution in [1.82, 2.24) is 20.7 Å². The maximum absolute atomic E-state index is 14.1. The fourth-order valence-electron chi connectivity index (χ4n) is 4.01. The second kappa shape index (κ2) is 8.66. The number of hydrogen-bond acceptors (Lipinski definition) is 4. The third kappa shape index (κ3) is 4.20. The quantitative estimate of drug-likeness (QED) is 0.616. The average molecular weight is 442 g/mol. The summed E-state index contributed by atoms with van der Waals surface area (Å²) < 4.78 is 27.3. The first-order chi connectivity index (χ1) is 15.3. The van der Waals surface area contributed by atoms with Crippen molar-refractivity contribution in [3.8, 4) is 0 Å².